The van der Waals surface area contributed by atoms with Crippen molar-refractivity contribution in [2.24, 2.45) is 0 Å². The number of hydrogen-bond acceptors (Lipinski definition) is 6. The van der Waals surface area contributed by atoms with E-state index in [9.17, 15) is 10.5 Å². The molecule has 0 fully saturated rings. The molecule has 0 N–H and O–H groups in total. The van der Waals surface area contributed by atoms with Gasteiger partial charge in [0.05, 0.1) is 62.8 Å². The third-order valence-corrected chi connectivity index (χ3v) is 12.9. The normalized spacial score (nSPS) is 11.1. The van der Waals surface area contributed by atoms with Crippen molar-refractivity contribution in [1.29, 1.82) is 10.5 Å². The Kier molecular flexibility index (Phi) is 10.8. The van der Waals surface area contributed by atoms with Crippen LogP contribution < -0.4 is 0 Å². The van der Waals surface area contributed by atoms with Gasteiger partial charge in [-0.25, -0.2) is 19.9 Å². The summed E-state index contributed by atoms with van der Waals surface area (Å²) in [5, 5.41) is 22.4. The van der Waals surface area contributed by atoms with E-state index in [0.717, 1.165) is 106 Å². The molecule has 0 aliphatic heterocycles. The molecule has 330 valence electrons. The zero-order chi connectivity index (χ0) is 47.7. The van der Waals surface area contributed by atoms with Gasteiger partial charge in [0, 0.05) is 44.2 Å². The second-order valence-corrected chi connectivity index (χ2v) is 17.2. The van der Waals surface area contributed by atoms with Crippen molar-refractivity contribution >= 4 is 21.8 Å². The van der Waals surface area contributed by atoms with Gasteiger partial charge in [-0.3, -0.25) is 0 Å². The highest BCUT2D eigenvalue weighted by Gasteiger charge is 2.23. The molecule has 7 nitrogen and oxygen atoms in total. The number of rotatable bonds is 9. The van der Waals surface area contributed by atoms with Crippen LogP contribution in [0.25, 0.3) is 118 Å². The molecule has 0 aliphatic carbocycles. The van der Waals surface area contributed by atoms with E-state index in [0.29, 0.717) is 22.8 Å². The van der Waals surface area contributed by atoms with Crippen LogP contribution in [0.3, 0.4) is 0 Å². The maximum atomic E-state index is 10.2. The van der Waals surface area contributed by atoms with Crippen LogP contribution in [-0.4, -0.2) is 24.5 Å². The number of aromatic nitrogens is 5. The number of benzene rings is 9. The lowest BCUT2D eigenvalue weighted by atomic mass is 9.96. The van der Waals surface area contributed by atoms with Crippen LogP contribution in [0, 0.1) is 22.7 Å². The van der Waals surface area contributed by atoms with Crippen molar-refractivity contribution in [3.63, 3.8) is 0 Å². The molecule has 0 saturated carbocycles. The lowest BCUT2D eigenvalue weighted by Gasteiger charge is -2.17. The van der Waals surface area contributed by atoms with Gasteiger partial charge >= 0.3 is 0 Å². The zero-order valence-corrected chi connectivity index (χ0v) is 38.1. The Balaban J connectivity index is 1.16. The highest BCUT2D eigenvalue weighted by atomic mass is 15.0. The molecule has 3 heterocycles. The van der Waals surface area contributed by atoms with Gasteiger partial charge in [0.15, 0.2) is 11.6 Å². The van der Waals surface area contributed by atoms with Crippen LogP contribution in [0.15, 0.2) is 237 Å². The Hall–Kier alpha value is -10.1. The summed E-state index contributed by atoms with van der Waals surface area (Å²) >= 11 is 0. The Bertz CT molecular complexity index is 3830. The minimum atomic E-state index is 0.527. The second-order valence-electron chi connectivity index (χ2n) is 17.2. The molecular weight excluding hydrogens is 867 g/mol. The molecule has 0 bridgehead atoms. The van der Waals surface area contributed by atoms with Crippen molar-refractivity contribution in [1.82, 2.24) is 24.5 Å². The molecule has 7 heteroatoms. The van der Waals surface area contributed by atoms with Gasteiger partial charge in [-0.05, 0) is 89.0 Å². The zero-order valence-electron chi connectivity index (χ0n) is 38.1. The molecule has 12 aromatic rings. The maximum Gasteiger partial charge on any atom is 0.162 e. The molecule has 71 heavy (non-hydrogen) atoms. The largest absolute Gasteiger partial charge is 0.308 e. The third-order valence-electron chi connectivity index (χ3n) is 12.9. The highest BCUT2D eigenvalue weighted by molar-refractivity contribution is 6.12. The molecule has 0 saturated heterocycles. The van der Waals surface area contributed by atoms with E-state index < -0.39 is 0 Å². The predicted octanol–water partition coefficient (Wildman–Crippen LogP) is 15.4. The van der Waals surface area contributed by atoms with Gasteiger partial charge in [0.25, 0.3) is 0 Å². The van der Waals surface area contributed by atoms with Crippen molar-refractivity contribution in [3.8, 4) is 108 Å². The molecule has 0 atom stereocenters. The lowest BCUT2D eigenvalue weighted by molar-refractivity contribution is 1.13. The summed E-state index contributed by atoms with van der Waals surface area (Å²) in [5.41, 5.74) is 16.1. The summed E-state index contributed by atoms with van der Waals surface area (Å²) in [7, 11) is 0. The van der Waals surface area contributed by atoms with Crippen LogP contribution in [0.4, 0.5) is 0 Å². The summed E-state index contributed by atoms with van der Waals surface area (Å²) in [6, 6.07) is 84.2. The number of nitrogens with zero attached hydrogens (tertiary/aromatic N) is 7. The van der Waals surface area contributed by atoms with E-state index in [1.54, 1.807) is 0 Å². The Morgan fingerprint density at radius 1 is 0.296 bits per heavy atom. The maximum absolute atomic E-state index is 10.2. The van der Waals surface area contributed by atoms with Gasteiger partial charge < -0.3 is 4.57 Å². The standard InChI is InChI=1S/C64H39N7/c65-40-49-25-13-15-27-51(49)46-29-32-60-53(35-46)54-36-47(52-28-16-14-26-50(52)41-66)30-33-61(54)71(60)62-34-31-48(63-67-56(42-17-5-1-6-18-42)38-57(68-63)43-19-7-2-8-20-43)37-55(62)64-69-58(44-21-9-3-10-22-44)39-59(70-64)45-23-11-4-12-24-45/h1-39H. The molecule has 0 radical (unpaired) electrons. The number of hydrogen-bond donors (Lipinski definition) is 0. The Morgan fingerprint density at radius 3 is 1.07 bits per heavy atom. The quantitative estimate of drug-likeness (QED) is 0.143. The second kappa shape index (κ2) is 18.2. The molecule has 3 aromatic heterocycles. The molecule has 12 rings (SSSR count). The SMILES string of the molecule is N#Cc1ccccc1-c1ccc2c(c1)c1cc(-c3ccccc3C#N)ccc1n2-c1ccc(-c2nc(-c3ccccc3)cc(-c3ccccc3)n2)cc1-c1nc(-c2ccccc2)cc(-c2ccccc2)n1. The summed E-state index contributed by atoms with van der Waals surface area (Å²) in [6.45, 7) is 0. The lowest BCUT2D eigenvalue weighted by Crippen LogP contribution is -2.03. The molecule has 0 amide bonds. The van der Waals surface area contributed by atoms with Gasteiger partial charge in [-0.1, -0.05) is 170 Å². The van der Waals surface area contributed by atoms with E-state index in [1.165, 1.54) is 0 Å². The van der Waals surface area contributed by atoms with Crippen LogP contribution in [0.5, 0.6) is 0 Å². The summed E-state index contributed by atoms with van der Waals surface area (Å²) in [4.78, 5) is 21.3. The number of nitriles is 2. The van der Waals surface area contributed by atoms with Gasteiger partial charge in [-0.2, -0.15) is 10.5 Å². The Labute approximate surface area is 410 Å². The van der Waals surface area contributed by atoms with Crippen molar-refractivity contribution in [2.75, 3.05) is 0 Å². The van der Waals surface area contributed by atoms with Crippen LogP contribution in [0.2, 0.25) is 0 Å². The fourth-order valence-electron chi connectivity index (χ4n) is 9.50. The smallest absolute Gasteiger partial charge is 0.162 e. The molecule has 0 unspecified atom stereocenters. The van der Waals surface area contributed by atoms with Crippen molar-refractivity contribution in [2.45, 2.75) is 0 Å². The summed E-state index contributed by atoms with van der Waals surface area (Å²) < 4.78 is 2.28. The average Bonchev–Trinajstić information content (AvgIpc) is 3.78. The first kappa shape index (κ1) is 42.3. The van der Waals surface area contributed by atoms with E-state index in [-0.39, 0.29) is 0 Å². The van der Waals surface area contributed by atoms with Crippen LogP contribution in [0.1, 0.15) is 11.1 Å². The average molecular weight is 906 g/mol. The van der Waals surface area contributed by atoms with Crippen LogP contribution >= 0.6 is 0 Å². The first-order chi connectivity index (χ1) is 35.1. The molecule has 9 aromatic carbocycles. The Morgan fingerprint density at radius 2 is 0.662 bits per heavy atom. The summed E-state index contributed by atoms with van der Waals surface area (Å²) in [5.74, 6) is 1.09. The molecule has 0 spiro atoms. The fourth-order valence-corrected chi connectivity index (χ4v) is 9.50. The van der Waals surface area contributed by atoms with E-state index in [1.807, 2.05) is 127 Å². The minimum absolute atomic E-state index is 0.527. The monoisotopic (exact) mass is 905 g/mol. The minimum Gasteiger partial charge on any atom is -0.308 e. The first-order valence-corrected chi connectivity index (χ1v) is 23.3. The van der Waals surface area contributed by atoms with Gasteiger partial charge in [0.2, 0.25) is 0 Å². The van der Waals surface area contributed by atoms with Crippen molar-refractivity contribution < 1.29 is 0 Å². The molecule has 0 aliphatic rings. The van der Waals surface area contributed by atoms with Crippen LogP contribution in [-0.2, 0) is 0 Å². The van der Waals surface area contributed by atoms with E-state index >= 15 is 0 Å². The van der Waals surface area contributed by atoms with Gasteiger partial charge in [-0.15, -0.1) is 0 Å². The summed E-state index contributed by atoms with van der Waals surface area (Å²) in [6.07, 6.45) is 0. The van der Waals surface area contributed by atoms with E-state index in [2.05, 4.69) is 126 Å². The number of fused-ring (bicyclic) bond motifs is 3. The highest BCUT2D eigenvalue weighted by Crippen LogP contribution is 2.42. The van der Waals surface area contributed by atoms with Gasteiger partial charge in [0.1, 0.15) is 0 Å². The third kappa shape index (κ3) is 7.96. The fraction of sp³-hybridized carbons (Fsp3) is 0. The first-order valence-electron chi connectivity index (χ1n) is 23.3. The van der Waals surface area contributed by atoms with Crippen molar-refractivity contribution in [3.05, 3.63) is 248 Å². The molecular formula is C64H39N7. The van der Waals surface area contributed by atoms with E-state index in [4.69, 9.17) is 19.9 Å². The predicted molar refractivity (Wildman–Crippen MR) is 285 cm³/mol. The topological polar surface area (TPSA) is 104 Å².